The Morgan fingerprint density at radius 1 is 1.71 bits per heavy atom. The van der Waals surface area contributed by atoms with Crippen molar-refractivity contribution in [3.05, 3.63) is 0 Å². The second-order valence-electron chi connectivity index (χ2n) is 3.96. The van der Waals surface area contributed by atoms with Gasteiger partial charge in [-0.05, 0) is 44.2 Å². The molecule has 0 saturated heterocycles. The van der Waals surface area contributed by atoms with Crippen molar-refractivity contribution in [3.63, 3.8) is 0 Å². The van der Waals surface area contributed by atoms with Crippen molar-refractivity contribution in [2.24, 2.45) is 11.7 Å². The molecule has 4 heteroatoms. The molecule has 1 amide bonds. The third kappa shape index (κ3) is 2.06. The number of likely N-dealkylation sites (N-methyl/N-ethyl adjacent to an activating group) is 1. The number of carbonyl (C=O) groups excluding carboxylic acids is 1. The number of amides is 1. The van der Waals surface area contributed by atoms with Crippen molar-refractivity contribution in [1.82, 2.24) is 5.32 Å². The Morgan fingerprint density at radius 2 is 2.43 bits per heavy atom. The van der Waals surface area contributed by atoms with Crippen LogP contribution in [0, 0.1) is 5.92 Å². The predicted octanol–water partition coefficient (Wildman–Crippen LogP) is 0.983. The van der Waals surface area contributed by atoms with Gasteiger partial charge >= 0.3 is 0 Å². The first-order valence-electron chi connectivity index (χ1n) is 5.15. The summed E-state index contributed by atoms with van der Waals surface area (Å²) < 4.78 is 0. The van der Waals surface area contributed by atoms with Crippen LogP contribution < -0.4 is 11.1 Å². The number of rotatable bonds is 5. The van der Waals surface area contributed by atoms with Crippen molar-refractivity contribution < 1.29 is 4.79 Å². The molecule has 0 aromatic carbocycles. The normalized spacial score (nSPS) is 32.0. The van der Waals surface area contributed by atoms with E-state index in [2.05, 4.69) is 11.6 Å². The second kappa shape index (κ2) is 5.03. The summed E-state index contributed by atoms with van der Waals surface area (Å²) in [6.45, 7) is 0. The number of nitrogens with one attached hydrogen (secondary N) is 1. The summed E-state index contributed by atoms with van der Waals surface area (Å²) in [7, 11) is 1.85. The highest BCUT2D eigenvalue weighted by atomic mass is 32.2. The number of carbonyl (C=O) groups is 1. The molecule has 0 spiro atoms. The number of hydrogen-bond donors (Lipinski definition) is 2. The lowest BCUT2D eigenvalue weighted by atomic mass is 9.84. The fourth-order valence-corrected chi connectivity index (χ4v) is 3.03. The summed E-state index contributed by atoms with van der Waals surface area (Å²) in [6, 6.07) is 0. The molecule has 0 aromatic heterocycles. The van der Waals surface area contributed by atoms with Gasteiger partial charge in [-0.15, -0.1) is 0 Å². The van der Waals surface area contributed by atoms with E-state index in [1.807, 2.05) is 18.8 Å². The molecule has 14 heavy (non-hydrogen) atoms. The number of primary amides is 1. The molecular formula is C10H20N2OS. The van der Waals surface area contributed by atoms with Gasteiger partial charge in [0.2, 0.25) is 5.91 Å². The van der Waals surface area contributed by atoms with Gasteiger partial charge in [-0.2, -0.15) is 11.8 Å². The lowest BCUT2D eigenvalue weighted by molar-refractivity contribution is -0.125. The molecular weight excluding hydrogens is 196 g/mol. The number of thioether (sulfide) groups is 1. The summed E-state index contributed by atoms with van der Waals surface area (Å²) in [5.74, 6) is 1.36. The van der Waals surface area contributed by atoms with Gasteiger partial charge in [0.05, 0.1) is 0 Å². The van der Waals surface area contributed by atoms with Gasteiger partial charge < -0.3 is 11.1 Å². The minimum atomic E-state index is -0.421. The van der Waals surface area contributed by atoms with Crippen LogP contribution in [0.4, 0.5) is 0 Å². The molecule has 0 radical (unpaired) electrons. The van der Waals surface area contributed by atoms with Crippen molar-refractivity contribution in [1.29, 1.82) is 0 Å². The molecule has 1 aliphatic rings. The van der Waals surface area contributed by atoms with E-state index in [-0.39, 0.29) is 5.91 Å². The molecule has 0 aromatic rings. The Morgan fingerprint density at radius 3 is 2.93 bits per heavy atom. The summed E-state index contributed by atoms with van der Waals surface area (Å²) in [5, 5.41) is 3.15. The smallest absolute Gasteiger partial charge is 0.238 e. The van der Waals surface area contributed by atoms with Crippen LogP contribution in [0.2, 0.25) is 0 Å². The second-order valence-corrected chi connectivity index (χ2v) is 4.94. The highest BCUT2D eigenvalue weighted by Crippen LogP contribution is 2.38. The van der Waals surface area contributed by atoms with Gasteiger partial charge in [0.15, 0.2) is 0 Å². The first-order valence-corrected chi connectivity index (χ1v) is 6.54. The van der Waals surface area contributed by atoms with Crippen molar-refractivity contribution in [3.8, 4) is 0 Å². The van der Waals surface area contributed by atoms with E-state index < -0.39 is 5.54 Å². The summed E-state index contributed by atoms with van der Waals surface area (Å²) in [6.07, 6.45) is 6.33. The van der Waals surface area contributed by atoms with Crippen molar-refractivity contribution >= 4 is 17.7 Å². The summed E-state index contributed by atoms with van der Waals surface area (Å²) in [4.78, 5) is 11.5. The first kappa shape index (κ1) is 11.9. The lowest BCUT2D eigenvalue weighted by Gasteiger charge is -2.32. The monoisotopic (exact) mass is 216 g/mol. The highest BCUT2D eigenvalue weighted by molar-refractivity contribution is 7.98. The molecule has 0 bridgehead atoms. The van der Waals surface area contributed by atoms with Crippen LogP contribution >= 0.6 is 11.8 Å². The Balaban J connectivity index is 2.67. The van der Waals surface area contributed by atoms with E-state index in [4.69, 9.17) is 5.73 Å². The quantitative estimate of drug-likeness (QED) is 0.720. The molecule has 0 aliphatic heterocycles. The van der Waals surface area contributed by atoms with Gasteiger partial charge in [0, 0.05) is 0 Å². The molecule has 1 rings (SSSR count). The topological polar surface area (TPSA) is 55.1 Å². The maximum absolute atomic E-state index is 11.5. The maximum atomic E-state index is 11.5. The first-order chi connectivity index (χ1) is 6.67. The van der Waals surface area contributed by atoms with E-state index in [0.29, 0.717) is 5.92 Å². The fraction of sp³-hybridized carbons (Fsp3) is 0.900. The largest absolute Gasteiger partial charge is 0.368 e. The van der Waals surface area contributed by atoms with E-state index in [9.17, 15) is 4.79 Å². The zero-order valence-corrected chi connectivity index (χ0v) is 9.82. The minimum absolute atomic E-state index is 0.177. The highest BCUT2D eigenvalue weighted by Gasteiger charge is 2.45. The zero-order chi connectivity index (χ0) is 10.6. The summed E-state index contributed by atoms with van der Waals surface area (Å²) in [5.41, 5.74) is 5.08. The van der Waals surface area contributed by atoms with Crippen LogP contribution in [0.15, 0.2) is 0 Å². The molecule has 3 N–H and O–H groups in total. The standard InChI is InChI=1S/C10H20N2OS/c1-12-10(9(11)13)6-3-4-8(10)5-7-14-2/h8,12H,3-7H2,1-2H3,(H2,11,13). The third-order valence-electron chi connectivity index (χ3n) is 3.38. The van der Waals surface area contributed by atoms with Crippen LogP contribution in [0.5, 0.6) is 0 Å². The molecule has 1 fully saturated rings. The molecule has 82 valence electrons. The average molecular weight is 216 g/mol. The molecule has 1 aliphatic carbocycles. The van der Waals surface area contributed by atoms with Gasteiger partial charge in [-0.25, -0.2) is 0 Å². The van der Waals surface area contributed by atoms with Gasteiger partial charge in [-0.1, -0.05) is 6.42 Å². The molecule has 2 unspecified atom stereocenters. The third-order valence-corrected chi connectivity index (χ3v) is 4.02. The number of hydrogen-bond acceptors (Lipinski definition) is 3. The van der Waals surface area contributed by atoms with Crippen LogP contribution in [0.3, 0.4) is 0 Å². The molecule has 2 atom stereocenters. The lowest BCUT2D eigenvalue weighted by Crippen LogP contribution is -2.56. The molecule has 0 heterocycles. The van der Waals surface area contributed by atoms with E-state index in [0.717, 1.165) is 31.4 Å². The SMILES string of the molecule is CNC1(C(N)=O)CCCC1CCSC. The summed E-state index contributed by atoms with van der Waals surface area (Å²) >= 11 is 1.83. The van der Waals surface area contributed by atoms with Crippen LogP contribution in [0.1, 0.15) is 25.7 Å². The Labute approximate surface area is 90.2 Å². The maximum Gasteiger partial charge on any atom is 0.238 e. The average Bonchev–Trinajstić information content (AvgIpc) is 2.58. The van der Waals surface area contributed by atoms with Crippen molar-refractivity contribution in [2.75, 3.05) is 19.1 Å². The van der Waals surface area contributed by atoms with Gasteiger partial charge in [-0.3, -0.25) is 4.79 Å². The Bertz CT molecular complexity index is 210. The van der Waals surface area contributed by atoms with Crippen LogP contribution in [-0.2, 0) is 4.79 Å². The van der Waals surface area contributed by atoms with Crippen molar-refractivity contribution in [2.45, 2.75) is 31.2 Å². The zero-order valence-electron chi connectivity index (χ0n) is 9.01. The van der Waals surface area contributed by atoms with E-state index >= 15 is 0 Å². The Hall–Kier alpha value is -0.220. The van der Waals surface area contributed by atoms with Crippen LogP contribution in [0.25, 0.3) is 0 Å². The molecule has 3 nitrogen and oxygen atoms in total. The minimum Gasteiger partial charge on any atom is -0.368 e. The fourth-order valence-electron chi connectivity index (χ4n) is 2.51. The number of nitrogens with two attached hydrogens (primary N) is 1. The van der Waals surface area contributed by atoms with E-state index in [1.54, 1.807) is 0 Å². The van der Waals surface area contributed by atoms with Crippen LogP contribution in [-0.4, -0.2) is 30.5 Å². The van der Waals surface area contributed by atoms with Gasteiger partial charge in [0.1, 0.15) is 5.54 Å². The van der Waals surface area contributed by atoms with E-state index in [1.165, 1.54) is 0 Å². The van der Waals surface area contributed by atoms with Gasteiger partial charge in [0.25, 0.3) is 0 Å². The molecule has 1 saturated carbocycles. The predicted molar refractivity (Wildman–Crippen MR) is 61.3 cm³/mol. The Kier molecular flexibility index (Phi) is 4.26.